The van der Waals surface area contributed by atoms with Gasteiger partial charge in [0.15, 0.2) is 0 Å². The van der Waals surface area contributed by atoms with E-state index in [-0.39, 0.29) is 30.6 Å². The van der Waals surface area contributed by atoms with Crippen LogP contribution in [-0.2, 0) is 16.1 Å². The van der Waals surface area contributed by atoms with Gasteiger partial charge in [-0.05, 0) is 24.1 Å². The summed E-state index contributed by atoms with van der Waals surface area (Å²) in [4.78, 5) is 41.7. The topological polar surface area (TPSA) is 81.8 Å². The number of para-hydroxylation sites is 1. The van der Waals surface area contributed by atoms with Gasteiger partial charge in [-0.1, -0.05) is 42.5 Å². The summed E-state index contributed by atoms with van der Waals surface area (Å²) in [5.74, 6) is -0.553. The molecule has 0 bridgehead atoms. The Morgan fingerprint density at radius 3 is 2.40 bits per heavy atom. The van der Waals surface area contributed by atoms with Crippen molar-refractivity contribution < 1.29 is 14.4 Å². The lowest BCUT2D eigenvalue weighted by molar-refractivity contribution is -0.133. The number of nitrogens with one attached hydrogen (secondary N) is 2. The number of piperazine rings is 1. The number of fused-ring (bicyclic) bond motifs is 1. The number of nitrogens with zero attached hydrogens (tertiary/aromatic N) is 2. The number of anilines is 1. The van der Waals surface area contributed by atoms with E-state index in [2.05, 4.69) is 27.7 Å². The maximum Gasteiger partial charge on any atom is 0.254 e. The van der Waals surface area contributed by atoms with Crippen LogP contribution in [0.5, 0.6) is 0 Å². The molecule has 2 aromatic rings. The van der Waals surface area contributed by atoms with Gasteiger partial charge in [-0.25, -0.2) is 0 Å². The predicted molar refractivity (Wildman–Crippen MR) is 114 cm³/mol. The minimum atomic E-state index is -0.715. The molecule has 1 atom stereocenters. The minimum Gasteiger partial charge on any atom is -0.340 e. The lowest BCUT2D eigenvalue weighted by Gasteiger charge is -2.35. The third kappa shape index (κ3) is 4.68. The average Bonchev–Trinajstić information content (AvgIpc) is 2.89. The van der Waals surface area contributed by atoms with Crippen LogP contribution < -0.4 is 10.6 Å². The van der Waals surface area contributed by atoms with Gasteiger partial charge in [0.1, 0.15) is 6.04 Å². The van der Waals surface area contributed by atoms with Crippen LogP contribution in [0.25, 0.3) is 0 Å². The van der Waals surface area contributed by atoms with Gasteiger partial charge in [-0.15, -0.1) is 0 Å². The van der Waals surface area contributed by atoms with Crippen molar-refractivity contribution >= 4 is 23.4 Å². The van der Waals surface area contributed by atoms with E-state index in [0.717, 1.165) is 19.6 Å². The molecule has 2 aromatic carbocycles. The third-order valence-corrected chi connectivity index (χ3v) is 5.67. The van der Waals surface area contributed by atoms with Gasteiger partial charge in [-0.2, -0.15) is 0 Å². The molecule has 4 rings (SSSR count). The first-order valence-electron chi connectivity index (χ1n) is 10.3. The first kappa shape index (κ1) is 20.1. The normalized spacial score (nSPS) is 19.5. The van der Waals surface area contributed by atoms with Crippen molar-refractivity contribution in [3.63, 3.8) is 0 Å². The first-order chi connectivity index (χ1) is 14.6. The Morgan fingerprint density at radius 2 is 1.63 bits per heavy atom. The molecule has 0 saturated carbocycles. The highest BCUT2D eigenvalue weighted by molar-refractivity contribution is 6.09. The summed E-state index contributed by atoms with van der Waals surface area (Å²) in [5.41, 5.74) is 2.21. The van der Waals surface area contributed by atoms with E-state index >= 15 is 0 Å². The van der Waals surface area contributed by atoms with Gasteiger partial charge in [-0.3, -0.25) is 19.3 Å². The molecule has 30 heavy (non-hydrogen) atoms. The average molecular weight is 406 g/mol. The van der Waals surface area contributed by atoms with Crippen molar-refractivity contribution in [1.82, 2.24) is 15.1 Å². The van der Waals surface area contributed by atoms with Crippen LogP contribution in [-0.4, -0.2) is 59.7 Å². The largest absolute Gasteiger partial charge is 0.340 e. The van der Waals surface area contributed by atoms with Crippen LogP contribution in [0.15, 0.2) is 54.6 Å². The van der Waals surface area contributed by atoms with Crippen LogP contribution in [0.2, 0.25) is 0 Å². The van der Waals surface area contributed by atoms with Crippen LogP contribution in [0, 0.1) is 0 Å². The second-order valence-electron chi connectivity index (χ2n) is 7.74. The molecule has 1 saturated heterocycles. The van der Waals surface area contributed by atoms with Crippen molar-refractivity contribution in [2.24, 2.45) is 0 Å². The van der Waals surface area contributed by atoms with E-state index in [1.165, 1.54) is 5.56 Å². The van der Waals surface area contributed by atoms with Gasteiger partial charge in [0.05, 0.1) is 11.3 Å². The Kier molecular flexibility index (Phi) is 6.09. The zero-order chi connectivity index (χ0) is 20.9. The number of hydrogen-bond acceptors (Lipinski definition) is 4. The zero-order valence-electron chi connectivity index (χ0n) is 16.8. The highest BCUT2D eigenvalue weighted by atomic mass is 16.2. The molecular weight excluding hydrogens is 380 g/mol. The highest BCUT2D eigenvalue weighted by Crippen LogP contribution is 2.19. The monoisotopic (exact) mass is 406 g/mol. The molecule has 0 radical (unpaired) electrons. The van der Waals surface area contributed by atoms with Crippen LogP contribution in [0.1, 0.15) is 28.8 Å². The summed E-state index contributed by atoms with van der Waals surface area (Å²) in [7, 11) is 0. The quantitative estimate of drug-likeness (QED) is 0.794. The van der Waals surface area contributed by atoms with Gasteiger partial charge in [0, 0.05) is 39.1 Å². The van der Waals surface area contributed by atoms with E-state index in [1.54, 1.807) is 24.3 Å². The molecule has 156 valence electrons. The Hall–Kier alpha value is -3.19. The molecule has 7 nitrogen and oxygen atoms in total. The fourth-order valence-electron chi connectivity index (χ4n) is 3.94. The van der Waals surface area contributed by atoms with Crippen molar-refractivity contribution in [3.8, 4) is 0 Å². The Bertz CT molecular complexity index is 923. The van der Waals surface area contributed by atoms with E-state index in [9.17, 15) is 14.4 Å². The maximum absolute atomic E-state index is 12.7. The fourth-order valence-corrected chi connectivity index (χ4v) is 3.94. The summed E-state index contributed by atoms with van der Waals surface area (Å²) in [6.07, 6.45) is 0.516. The molecule has 0 aromatic heterocycles. The van der Waals surface area contributed by atoms with Crippen LogP contribution in [0.4, 0.5) is 5.69 Å². The van der Waals surface area contributed by atoms with Crippen LogP contribution in [0.3, 0.4) is 0 Å². The fraction of sp³-hybridized carbons (Fsp3) is 0.348. The molecule has 7 heteroatoms. The predicted octanol–water partition coefficient (Wildman–Crippen LogP) is 1.86. The number of amides is 3. The molecule has 1 fully saturated rings. The Morgan fingerprint density at radius 1 is 0.933 bits per heavy atom. The van der Waals surface area contributed by atoms with Crippen molar-refractivity contribution in [1.29, 1.82) is 0 Å². The second-order valence-corrected chi connectivity index (χ2v) is 7.74. The smallest absolute Gasteiger partial charge is 0.254 e. The zero-order valence-corrected chi connectivity index (χ0v) is 16.8. The molecule has 3 amide bonds. The van der Waals surface area contributed by atoms with Gasteiger partial charge in [0.2, 0.25) is 11.8 Å². The molecule has 2 aliphatic rings. The van der Waals surface area contributed by atoms with E-state index in [4.69, 9.17) is 0 Å². The third-order valence-electron chi connectivity index (χ3n) is 5.67. The van der Waals surface area contributed by atoms with Crippen molar-refractivity contribution in [2.45, 2.75) is 25.4 Å². The summed E-state index contributed by atoms with van der Waals surface area (Å²) in [5, 5.41) is 5.53. The van der Waals surface area contributed by atoms with Crippen molar-refractivity contribution in [2.75, 3.05) is 31.5 Å². The summed E-state index contributed by atoms with van der Waals surface area (Å²) >= 11 is 0. The second kappa shape index (κ2) is 9.09. The Balaban J connectivity index is 1.26. The molecule has 2 N–H and O–H groups in total. The number of carbonyl (C=O) groups is 3. The van der Waals surface area contributed by atoms with Gasteiger partial charge < -0.3 is 15.5 Å². The number of benzene rings is 2. The number of hydrogen-bond donors (Lipinski definition) is 2. The van der Waals surface area contributed by atoms with Gasteiger partial charge >= 0.3 is 0 Å². The van der Waals surface area contributed by atoms with Gasteiger partial charge in [0.25, 0.3) is 5.91 Å². The van der Waals surface area contributed by atoms with E-state index in [0.29, 0.717) is 24.3 Å². The summed E-state index contributed by atoms with van der Waals surface area (Å²) in [6.45, 7) is 3.91. The first-order valence-corrected chi connectivity index (χ1v) is 10.3. The SMILES string of the molecule is O=C1NC(CCC(=O)N2CCN(Cc3ccccc3)CC2)C(=O)Nc2ccccc21. The molecule has 1 unspecified atom stereocenters. The molecule has 0 aliphatic carbocycles. The number of carbonyl (C=O) groups excluding carboxylic acids is 3. The molecule has 2 aliphatic heterocycles. The standard InChI is InChI=1S/C23H26N4O3/c28-21(27-14-12-26(13-15-27)16-17-6-2-1-3-7-17)11-10-20-23(30)24-19-9-5-4-8-18(19)22(29)25-20/h1-9,20H,10-16H2,(H,24,30)(H,25,29). The Labute approximate surface area is 176 Å². The summed E-state index contributed by atoms with van der Waals surface area (Å²) in [6, 6.07) is 16.5. The molecule has 0 spiro atoms. The molecular formula is C23H26N4O3. The van der Waals surface area contributed by atoms with Crippen LogP contribution >= 0.6 is 0 Å². The van der Waals surface area contributed by atoms with Crippen molar-refractivity contribution in [3.05, 3.63) is 65.7 Å². The molecule has 2 heterocycles. The number of rotatable bonds is 5. The lowest BCUT2D eigenvalue weighted by atomic mass is 10.1. The maximum atomic E-state index is 12.7. The van der Waals surface area contributed by atoms with E-state index < -0.39 is 6.04 Å². The highest BCUT2D eigenvalue weighted by Gasteiger charge is 2.29. The van der Waals surface area contributed by atoms with E-state index in [1.807, 2.05) is 23.1 Å². The minimum absolute atomic E-state index is 0.0261. The summed E-state index contributed by atoms with van der Waals surface area (Å²) < 4.78 is 0. The lowest BCUT2D eigenvalue weighted by Crippen LogP contribution is -2.49.